The average Bonchev–Trinajstić information content (AvgIpc) is 3.42. The highest BCUT2D eigenvalue weighted by Crippen LogP contribution is 2.34. The van der Waals surface area contributed by atoms with Gasteiger partial charge in [0.2, 0.25) is 10.0 Å². The number of ether oxygens (including phenoxy) is 1. The Morgan fingerprint density at radius 2 is 1.87 bits per heavy atom. The average molecular weight is 558 g/mol. The Morgan fingerprint density at radius 3 is 2.55 bits per heavy atom. The van der Waals surface area contributed by atoms with Crippen molar-refractivity contribution in [3.05, 3.63) is 47.6 Å². The van der Waals surface area contributed by atoms with Crippen molar-refractivity contribution in [3.63, 3.8) is 0 Å². The Hall–Kier alpha value is -3.03. The summed E-state index contributed by atoms with van der Waals surface area (Å²) in [6, 6.07) is 10.6. The smallest absolute Gasteiger partial charge is 0.238 e. The molecule has 0 saturated carbocycles. The van der Waals surface area contributed by atoms with E-state index in [4.69, 9.17) is 19.8 Å². The lowest BCUT2D eigenvalue weighted by atomic mass is 10.1. The van der Waals surface area contributed by atoms with Crippen LogP contribution in [0.5, 0.6) is 5.75 Å². The number of nitrogens with two attached hydrogens (primary N) is 1. The van der Waals surface area contributed by atoms with Gasteiger partial charge in [0, 0.05) is 31.1 Å². The van der Waals surface area contributed by atoms with Crippen LogP contribution in [-0.4, -0.2) is 73.1 Å². The van der Waals surface area contributed by atoms with Gasteiger partial charge in [0.15, 0.2) is 5.13 Å². The molecule has 0 unspecified atom stereocenters. The van der Waals surface area contributed by atoms with Crippen LogP contribution >= 0.6 is 11.3 Å². The van der Waals surface area contributed by atoms with Gasteiger partial charge in [-0.25, -0.2) is 23.5 Å². The van der Waals surface area contributed by atoms with Gasteiger partial charge in [0.05, 0.1) is 40.0 Å². The summed E-state index contributed by atoms with van der Waals surface area (Å²) in [5, 5.41) is 11.1. The molecule has 10 nitrogen and oxygen atoms in total. The molecule has 2 heterocycles. The third-order valence-electron chi connectivity index (χ3n) is 6.00. The number of aryl methyl sites for hydroxylation is 1. The number of hydrogen-bond donors (Lipinski definition) is 2. The zero-order valence-electron chi connectivity index (χ0n) is 22.6. The maximum atomic E-state index is 11.9. The number of aromatic nitrogens is 3. The first-order chi connectivity index (χ1) is 17.9. The third kappa shape index (κ3) is 6.69. The lowest BCUT2D eigenvalue weighted by molar-refractivity contribution is 0.243. The van der Waals surface area contributed by atoms with Crippen molar-refractivity contribution in [2.75, 3.05) is 39.5 Å². The zero-order chi connectivity index (χ0) is 27.6. The number of hydrogen-bond acceptors (Lipinski definition) is 9. The number of fused-ring (bicyclic) bond motifs is 1. The second-order valence-electron chi connectivity index (χ2n) is 9.86. The van der Waals surface area contributed by atoms with E-state index < -0.39 is 10.0 Å². The summed E-state index contributed by atoms with van der Waals surface area (Å²) < 4.78 is 31.8. The largest absolute Gasteiger partial charge is 0.489 e. The van der Waals surface area contributed by atoms with Crippen LogP contribution in [0, 0.1) is 0 Å². The van der Waals surface area contributed by atoms with E-state index >= 15 is 0 Å². The number of imidazole rings is 1. The minimum absolute atomic E-state index is 0.00310. The van der Waals surface area contributed by atoms with E-state index in [0.29, 0.717) is 16.6 Å². The molecule has 38 heavy (non-hydrogen) atoms. The van der Waals surface area contributed by atoms with Gasteiger partial charge in [-0.3, -0.25) is 4.90 Å². The van der Waals surface area contributed by atoms with Crippen LogP contribution in [0.25, 0.3) is 22.3 Å². The first-order valence-corrected chi connectivity index (χ1v) is 14.7. The Bertz CT molecular complexity index is 1530. The Kier molecular flexibility index (Phi) is 8.38. The third-order valence-corrected chi connectivity index (χ3v) is 7.67. The monoisotopic (exact) mass is 557 g/mol. The number of likely N-dealkylation sites (N-methyl/N-ethyl adjacent to an activating group) is 2. The second-order valence-corrected chi connectivity index (χ2v) is 12.3. The number of thiazole rings is 1. The van der Waals surface area contributed by atoms with E-state index in [1.54, 1.807) is 6.07 Å². The maximum absolute atomic E-state index is 11.9. The number of sulfonamides is 1. The number of nitrogens with zero attached hydrogens (tertiary/aromatic N) is 5. The SMILES string of the molecule is CC(C)Oc1ccc(S(N)(=O)=O)cc1Nc1nc(-c2ccc3c(c2)nc(CN(C)CCN(C)C)n3C)cs1. The van der Waals surface area contributed by atoms with Crippen LogP contribution in [-0.2, 0) is 23.6 Å². The second kappa shape index (κ2) is 11.4. The fourth-order valence-electron chi connectivity index (χ4n) is 3.96. The van der Waals surface area contributed by atoms with Crippen LogP contribution < -0.4 is 15.2 Å². The molecule has 0 radical (unpaired) electrons. The Balaban J connectivity index is 1.57. The summed E-state index contributed by atoms with van der Waals surface area (Å²) in [5.74, 6) is 1.52. The molecule has 4 rings (SSSR count). The van der Waals surface area contributed by atoms with E-state index in [9.17, 15) is 8.42 Å². The van der Waals surface area contributed by atoms with E-state index in [2.05, 4.69) is 46.9 Å². The normalized spacial score (nSPS) is 12.3. The van der Waals surface area contributed by atoms with Crippen molar-refractivity contribution in [2.24, 2.45) is 12.2 Å². The number of primary sulfonamides is 1. The first kappa shape index (κ1) is 28.0. The molecule has 12 heteroatoms. The first-order valence-electron chi connectivity index (χ1n) is 12.3. The molecule has 0 aliphatic carbocycles. The van der Waals surface area contributed by atoms with Gasteiger partial charge >= 0.3 is 0 Å². The Labute approximate surface area is 228 Å². The summed E-state index contributed by atoms with van der Waals surface area (Å²) >= 11 is 1.42. The number of nitrogens with one attached hydrogen (secondary N) is 1. The summed E-state index contributed by atoms with van der Waals surface area (Å²) in [6.45, 7) is 6.51. The van der Waals surface area contributed by atoms with Crippen molar-refractivity contribution >= 4 is 43.2 Å². The summed E-state index contributed by atoms with van der Waals surface area (Å²) in [6.07, 6.45) is -0.0921. The quantitative estimate of drug-likeness (QED) is 0.285. The molecular formula is C26H35N7O3S2. The molecule has 0 aliphatic heterocycles. The molecule has 0 fully saturated rings. The Morgan fingerprint density at radius 1 is 1.11 bits per heavy atom. The van der Waals surface area contributed by atoms with Gasteiger partial charge in [-0.2, -0.15) is 0 Å². The molecule has 2 aromatic carbocycles. The fraction of sp³-hybridized carbons (Fsp3) is 0.385. The predicted octanol–water partition coefficient (Wildman–Crippen LogP) is 3.87. The molecule has 3 N–H and O–H groups in total. The number of benzene rings is 2. The van der Waals surface area contributed by atoms with Crippen molar-refractivity contribution in [1.82, 2.24) is 24.3 Å². The lowest BCUT2D eigenvalue weighted by Crippen LogP contribution is -2.29. The molecule has 0 amide bonds. The summed E-state index contributed by atoms with van der Waals surface area (Å²) in [5.41, 5.74) is 4.20. The van der Waals surface area contributed by atoms with Gasteiger partial charge in [-0.1, -0.05) is 6.07 Å². The molecule has 0 saturated heterocycles. The topological polar surface area (TPSA) is 119 Å². The molecule has 4 aromatic rings. The minimum Gasteiger partial charge on any atom is -0.489 e. The summed E-state index contributed by atoms with van der Waals surface area (Å²) in [4.78, 5) is 14.1. The summed E-state index contributed by atoms with van der Waals surface area (Å²) in [7, 11) is 4.43. The lowest BCUT2D eigenvalue weighted by Gasteiger charge is -2.18. The van der Waals surface area contributed by atoms with Crippen LogP contribution in [0.15, 0.2) is 46.7 Å². The number of anilines is 2. The number of rotatable bonds is 11. The van der Waals surface area contributed by atoms with Crippen LogP contribution in [0.3, 0.4) is 0 Å². The van der Waals surface area contributed by atoms with Crippen LogP contribution in [0.4, 0.5) is 10.8 Å². The van der Waals surface area contributed by atoms with Crippen LogP contribution in [0.1, 0.15) is 19.7 Å². The van der Waals surface area contributed by atoms with Gasteiger partial charge in [0.25, 0.3) is 0 Å². The molecule has 204 valence electrons. The van der Waals surface area contributed by atoms with E-state index in [-0.39, 0.29) is 11.0 Å². The van der Waals surface area contributed by atoms with Crippen molar-refractivity contribution < 1.29 is 13.2 Å². The molecule has 0 atom stereocenters. The van der Waals surface area contributed by atoms with Crippen molar-refractivity contribution in [1.29, 1.82) is 0 Å². The molecule has 0 aliphatic rings. The highest BCUT2D eigenvalue weighted by atomic mass is 32.2. The zero-order valence-corrected chi connectivity index (χ0v) is 24.2. The molecule has 0 spiro atoms. The van der Waals surface area contributed by atoms with Crippen molar-refractivity contribution in [3.8, 4) is 17.0 Å². The standard InChI is InChI=1S/C26H35N7O3S2/c1-17(2)36-24-10-8-19(38(27,34)35)14-21(24)29-26-30-22(16-37-26)18-7-9-23-20(13-18)28-25(33(23)6)15-32(5)12-11-31(3)4/h7-10,13-14,16-17H,11-12,15H2,1-6H3,(H,29,30)(H2,27,34,35). The van der Waals surface area contributed by atoms with E-state index in [1.807, 2.05) is 38.4 Å². The molecular weight excluding hydrogens is 522 g/mol. The van der Waals surface area contributed by atoms with Gasteiger partial charge < -0.3 is 19.5 Å². The van der Waals surface area contributed by atoms with Crippen molar-refractivity contribution in [2.45, 2.75) is 31.4 Å². The molecule has 0 bridgehead atoms. The predicted molar refractivity (Wildman–Crippen MR) is 154 cm³/mol. The highest BCUT2D eigenvalue weighted by Gasteiger charge is 2.16. The van der Waals surface area contributed by atoms with E-state index in [1.165, 1.54) is 23.5 Å². The minimum atomic E-state index is -3.86. The van der Waals surface area contributed by atoms with Gasteiger partial charge in [-0.05, 0) is 65.3 Å². The van der Waals surface area contributed by atoms with Gasteiger partial charge in [-0.15, -0.1) is 11.3 Å². The van der Waals surface area contributed by atoms with E-state index in [0.717, 1.165) is 47.7 Å². The van der Waals surface area contributed by atoms with Crippen LogP contribution in [0.2, 0.25) is 0 Å². The highest BCUT2D eigenvalue weighted by molar-refractivity contribution is 7.89. The maximum Gasteiger partial charge on any atom is 0.238 e. The van der Waals surface area contributed by atoms with Gasteiger partial charge in [0.1, 0.15) is 11.6 Å². The molecule has 2 aromatic heterocycles. The fourth-order valence-corrected chi connectivity index (χ4v) is 5.23.